The van der Waals surface area contributed by atoms with E-state index in [1.807, 2.05) is 0 Å². The van der Waals surface area contributed by atoms with Gasteiger partial charge in [0, 0.05) is 31.4 Å². The lowest BCUT2D eigenvalue weighted by Crippen LogP contribution is -2.21. The number of pyridine rings is 3. The van der Waals surface area contributed by atoms with Gasteiger partial charge in [0.15, 0.2) is 17.1 Å². The number of Topliss-reactive ketones (excluding diaryl/α,β-unsaturated/α-hetero) is 1. The third-order valence-electron chi connectivity index (χ3n) is 11.4. The van der Waals surface area contributed by atoms with Gasteiger partial charge in [0.1, 0.15) is 24.4 Å². The molecule has 0 atom stereocenters. The second-order valence-electron chi connectivity index (χ2n) is 15.6. The number of rotatable bonds is 9. The van der Waals surface area contributed by atoms with Crippen LogP contribution in [0.1, 0.15) is 95.2 Å². The molecule has 2 N–H and O–H groups in total. The minimum Gasteiger partial charge on any atom is -0.393 e. The van der Waals surface area contributed by atoms with E-state index in [9.17, 15) is 45.4 Å². The number of aliphatic hydroxyl groups is 2. The summed E-state index contributed by atoms with van der Waals surface area (Å²) in [6.45, 7) is 0. The molecule has 6 aromatic heterocycles. The molecular weight excluding hydrogens is 817 g/mol. The van der Waals surface area contributed by atoms with Crippen LogP contribution in [0.5, 0.6) is 0 Å². The smallest absolute Gasteiger partial charge is 0.316 e. The van der Waals surface area contributed by atoms with E-state index >= 15 is 0 Å². The molecule has 6 heterocycles. The Balaban J connectivity index is 0.000000142. The summed E-state index contributed by atoms with van der Waals surface area (Å²) in [4.78, 5) is 56.1. The van der Waals surface area contributed by atoms with Crippen molar-refractivity contribution in [3.63, 3.8) is 0 Å². The van der Waals surface area contributed by atoms with Crippen molar-refractivity contribution in [1.82, 2.24) is 44.3 Å². The Morgan fingerprint density at radius 3 is 1.05 bits per heavy atom. The first-order valence-electron chi connectivity index (χ1n) is 20.8. The van der Waals surface area contributed by atoms with Crippen LogP contribution >= 0.6 is 0 Å². The number of carbonyl (C=O) groups is 1. The van der Waals surface area contributed by atoms with Crippen LogP contribution in [0.2, 0.25) is 0 Å². The molecule has 0 spiro atoms. The largest absolute Gasteiger partial charge is 0.393 e. The summed E-state index contributed by atoms with van der Waals surface area (Å²) < 4.78 is 4.94. The highest BCUT2D eigenvalue weighted by molar-refractivity contribution is 5.79. The Labute approximate surface area is 359 Å². The molecule has 21 heteroatoms. The molecule has 21 nitrogen and oxygen atoms in total. The van der Waals surface area contributed by atoms with Crippen LogP contribution < -0.4 is 0 Å². The van der Waals surface area contributed by atoms with E-state index in [0.717, 1.165) is 25.7 Å². The number of hydrogen-bond acceptors (Lipinski definition) is 15. The summed E-state index contributed by atoms with van der Waals surface area (Å²) in [6, 6.07) is 16.0. The number of aliphatic hydroxyl groups excluding tert-OH is 2. The van der Waals surface area contributed by atoms with Crippen molar-refractivity contribution < 1.29 is 29.8 Å². The van der Waals surface area contributed by atoms with Crippen LogP contribution in [-0.4, -0.2) is 87.3 Å². The zero-order valence-corrected chi connectivity index (χ0v) is 34.2. The van der Waals surface area contributed by atoms with Crippen LogP contribution in [-0.2, 0) is 4.79 Å². The molecular formula is C42H46N12O9. The fourth-order valence-corrected chi connectivity index (χ4v) is 8.00. The molecule has 63 heavy (non-hydrogen) atoms. The lowest BCUT2D eigenvalue weighted by Gasteiger charge is -2.25. The molecule has 3 aliphatic rings. The topological polar surface area (TPSA) is 279 Å². The molecule has 0 aliphatic heterocycles. The molecule has 6 aromatic rings. The predicted molar refractivity (Wildman–Crippen MR) is 226 cm³/mol. The van der Waals surface area contributed by atoms with Crippen LogP contribution in [0, 0.1) is 30.3 Å². The first-order valence-corrected chi connectivity index (χ1v) is 20.8. The molecule has 0 radical (unpaired) electrons. The molecule has 0 bridgehead atoms. The van der Waals surface area contributed by atoms with Gasteiger partial charge in [-0.3, -0.25) is 64.1 Å². The number of aromatic nitrogens is 9. The summed E-state index contributed by atoms with van der Waals surface area (Å²) in [5, 5.41) is 65.9. The lowest BCUT2D eigenvalue weighted by atomic mass is 9.93. The highest BCUT2D eigenvalue weighted by Crippen LogP contribution is 2.36. The minimum atomic E-state index is -0.443. The Morgan fingerprint density at radius 1 is 0.476 bits per heavy atom. The first kappa shape index (κ1) is 43.9. The van der Waals surface area contributed by atoms with Crippen molar-refractivity contribution in [3.05, 3.63) is 122 Å². The van der Waals surface area contributed by atoms with Crippen molar-refractivity contribution >= 4 is 22.8 Å². The van der Waals surface area contributed by atoms with Crippen LogP contribution in [0.15, 0.2) is 91.8 Å². The van der Waals surface area contributed by atoms with Crippen molar-refractivity contribution in [1.29, 1.82) is 0 Å². The third kappa shape index (κ3) is 10.9. The highest BCUT2D eigenvalue weighted by atomic mass is 16.6. The average molecular weight is 863 g/mol. The Kier molecular flexibility index (Phi) is 14.1. The van der Waals surface area contributed by atoms with Crippen molar-refractivity contribution in [2.24, 2.45) is 0 Å². The van der Waals surface area contributed by atoms with Gasteiger partial charge >= 0.3 is 17.1 Å². The average Bonchev–Trinajstić information content (AvgIpc) is 4.08. The zero-order chi connectivity index (χ0) is 44.5. The van der Waals surface area contributed by atoms with Crippen LogP contribution in [0.3, 0.4) is 0 Å². The van der Waals surface area contributed by atoms with E-state index in [2.05, 4.69) is 30.2 Å². The summed E-state index contributed by atoms with van der Waals surface area (Å²) in [5.41, 5.74) is 2.24. The van der Waals surface area contributed by atoms with Gasteiger partial charge in [0.05, 0.1) is 62.2 Å². The van der Waals surface area contributed by atoms with Gasteiger partial charge in [0.2, 0.25) is 0 Å². The quantitative estimate of drug-likeness (QED) is 0.107. The van der Waals surface area contributed by atoms with E-state index in [1.54, 1.807) is 87.2 Å². The second-order valence-corrected chi connectivity index (χ2v) is 15.6. The maximum atomic E-state index is 11.3. The van der Waals surface area contributed by atoms with Crippen LogP contribution in [0.25, 0.3) is 34.2 Å². The SMILES string of the molecule is O=C1CCC(n2cc([N+](=O)[O-])c(-c3ccccn3)n2)CC1.O=[N+]([O-])c1cn(C2CCC(O)CC2)nc1-c1ccccn1.O=[N+]([O-])c1cn(C2CCC(O)CC2)nc1-c1ccccn1. The summed E-state index contributed by atoms with van der Waals surface area (Å²) in [7, 11) is 0. The Morgan fingerprint density at radius 2 is 0.778 bits per heavy atom. The summed E-state index contributed by atoms with van der Waals surface area (Å²) in [6.07, 6.45) is 17.0. The van der Waals surface area contributed by atoms with E-state index in [1.165, 1.54) is 18.6 Å². The van der Waals surface area contributed by atoms with Gasteiger partial charge < -0.3 is 10.2 Å². The molecule has 9 rings (SSSR count). The fraction of sp³-hybridized carbons (Fsp3) is 0.405. The van der Waals surface area contributed by atoms with E-state index in [0.29, 0.717) is 79.8 Å². The molecule has 0 amide bonds. The highest BCUT2D eigenvalue weighted by Gasteiger charge is 2.30. The number of nitrogens with zero attached hydrogens (tertiary/aromatic N) is 12. The lowest BCUT2D eigenvalue weighted by molar-refractivity contribution is -0.384. The maximum Gasteiger partial charge on any atom is 0.316 e. The molecule has 3 fully saturated rings. The Hall–Kier alpha value is -7.13. The van der Waals surface area contributed by atoms with Gasteiger partial charge in [0.25, 0.3) is 0 Å². The summed E-state index contributed by atoms with van der Waals surface area (Å²) in [5.74, 6) is 0.248. The number of nitro groups is 3. The van der Waals surface area contributed by atoms with Crippen molar-refractivity contribution in [3.8, 4) is 34.2 Å². The molecule has 0 saturated heterocycles. The van der Waals surface area contributed by atoms with Gasteiger partial charge in [-0.2, -0.15) is 15.3 Å². The zero-order valence-electron chi connectivity index (χ0n) is 34.2. The Bertz CT molecular complexity index is 2370. The number of ketones is 1. The molecule has 0 unspecified atom stereocenters. The normalized spacial score (nSPS) is 20.1. The molecule has 328 valence electrons. The van der Waals surface area contributed by atoms with E-state index < -0.39 is 14.8 Å². The molecule has 0 aromatic carbocycles. The monoisotopic (exact) mass is 862 g/mol. The maximum absolute atomic E-state index is 11.3. The predicted octanol–water partition coefficient (Wildman–Crippen LogP) is 7.20. The first-order chi connectivity index (χ1) is 30.4. The van der Waals surface area contributed by atoms with Crippen molar-refractivity contribution in [2.45, 2.75) is 107 Å². The van der Waals surface area contributed by atoms with E-state index in [-0.39, 0.29) is 58.9 Å². The number of carbonyl (C=O) groups excluding carboxylic acids is 1. The summed E-state index contributed by atoms with van der Waals surface area (Å²) >= 11 is 0. The third-order valence-corrected chi connectivity index (χ3v) is 11.4. The van der Waals surface area contributed by atoms with Gasteiger partial charge in [-0.05, 0) is 101 Å². The van der Waals surface area contributed by atoms with Gasteiger partial charge in [-0.15, -0.1) is 0 Å². The van der Waals surface area contributed by atoms with Gasteiger partial charge in [-0.1, -0.05) is 18.2 Å². The van der Waals surface area contributed by atoms with Gasteiger partial charge in [-0.25, -0.2) is 0 Å². The molecule has 3 saturated carbocycles. The standard InChI is InChI=1S/2C14H16N4O3.C14H14N4O3/c3*19-11-6-4-10(5-7-11)17-9-13(18(20)21)14(16-17)12-3-1-2-8-15-12/h2*1-3,8-11,19H,4-7H2;1-3,8-10H,4-7H2. The van der Waals surface area contributed by atoms with E-state index in [4.69, 9.17) is 0 Å². The minimum absolute atomic E-state index is 0.0279. The second kappa shape index (κ2) is 20.2. The number of hydrogen-bond donors (Lipinski definition) is 2. The van der Waals surface area contributed by atoms with Crippen LogP contribution in [0.4, 0.5) is 17.1 Å². The fourth-order valence-electron chi connectivity index (χ4n) is 8.00. The molecule has 3 aliphatic carbocycles. The van der Waals surface area contributed by atoms with Crippen molar-refractivity contribution in [2.75, 3.05) is 0 Å².